The fraction of sp³-hybridized carbons (Fsp3) is 0.692. The molecule has 1 aliphatic rings. The van der Waals surface area contributed by atoms with Crippen LogP contribution in [0, 0.1) is 5.41 Å². The van der Waals surface area contributed by atoms with Crippen molar-refractivity contribution < 1.29 is 9.52 Å². The lowest BCUT2D eigenvalue weighted by Crippen LogP contribution is -2.48. The van der Waals surface area contributed by atoms with Gasteiger partial charge in [-0.2, -0.15) is 0 Å². The summed E-state index contributed by atoms with van der Waals surface area (Å²) in [6.07, 6.45) is 8.53. The van der Waals surface area contributed by atoms with Gasteiger partial charge in [0.15, 0.2) is 0 Å². The number of furan rings is 1. The molecule has 1 saturated carbocycles. The molecule has 15 heavy (non-hydrogen) atoms. The van der Waals surface area contributed by atoms with Gasteiger partial charge in [-0.25, -0.2) is 0 Å². The second kappa shape index (κ2) is 3.67. The lowest BCUT2D eigenvalue weighted by molar-refractivity contribution is -0.0959. The van der Waals surface area contributed by atoms with Crippen molar-refractivity contribution >= 4 is 0 Å². The zero-order valence-electron chi connectivity index (χ0n) is 9.62. The lowest BCUT2D eigenvalue weighted by Gasteiger charge is -2.46. The van der Waals surface area contributed by atoms with E-state index in [-0.39, 0.29) is 5.41 Å². The van der Waals surface area contributed by atoms with E-state index in [1.54, 1.807) is 12.5 Å². The van der Waals surface area contributed by atoms with Gasteiger partial charge in [0.25, 0.3) is 0 Å². The smallest absolute Gasteiger partial charge is 0.0935 e. The Morgan fingerprint density at radius 2 is 2.07 bits per heavy atom. The van der Waals surface area contributed by atoms with Crippen molar-refractivity contribution in [1.29, 1.82) is 0 Å². The maximum Gasteiger partial charge on any atom is 0.0935 e. The average Bonchev–Trinajstić information content (AvgIpc) is 2.63. The molecule has 0 amide bonds. The monoisotopic (exact) mass is 208 g/mol. The molecule has 1 aliphatic carbocycles. The highest BCUT2D eigenvalue weighted by Crippen LogP contribution is 2.45. The number of rotatable bonds is 2. The normalized spacial score (nSPS) is 30.3. The minimum absolute atomic E-state index is 0.0164. The summed E-state index contributed by atoms with van der Waals surface area (Å²) in [4.78, 5) is 0. The van der Waals surface area contributed by atoms with Crippen LogP contribution in [-0.2, 0) is 6.42 Å². The van der Waals surface area contributed by atoms with Gasteiger partial charge in [-0.3, -0.25) is 0 Å². The van der Waals surface area contributed by atoms with Crippen LogP contribution in [0.15, 0.2) is 23.0 Å². The zero-order chi connectivity index (χ0) is 10.9. The van der Waals surface area contributed by atoms with Gasteiger partial charge >= 0.3 is 0 Å². The van der Waals surface area contributed by atoms with Gasteiger partial charge in [-0.05, 0) is 29.9 Å². The molecule has 1 heterocycles. The molecule has 0 spiro atoms. The summed E-state index contributed by atoms with van der Waals surface area (Å²) in [5.74, 6) is 0. The molecule has 0 aromatic carbocycles. The third-order valence-electron chi connectivity index (χ3n) is 3.98. The summed E-state index contributed by atoms with van der Waals surface area (Å²) in [6, 6.07) is 1.95. The summed E-state index contributed by atoms with van der Waals surface area (Å²) in [7, 11) is 0. The van der Waals surface area contributed by atoms with Crippen LogP contribution in [-0.4, -0.2) is 10.7 Å². The summed E-state index contributed by atoms with van der Waals surface area (Å²) >= 11 is 0. The highest BCUT2D eigenvalue weighted by Gasteiger charge is 2.44. The van der Waals surface area contributed by atoms with Gasteiger partial charge in [-0.1, -0.05) is 26.7 Å². The molecule has 0 aliphatic heterocycles. The largest absolute Gasteiger partial charge is 0.472 e. The summed E-state index contributed by atoms with van der Waals surface area (Å²) in [5.41, 5.74) is 0.560. The average molecular weight is 208 g/mol. The fourth-order valence-electron chi connectivity index (χ4n) is 2.61. The van der Waals surface area contributed by atoms with Crippen LogP contribution >= 0.6 is 0 Å². The lowest BCUT2D eigenvalue weighted by atomic mass is 9.63. The van der Waals surface area contributed by atoms with Gasteiger partial charge in [-0.15, -0.1) is 0 Å². The van der Waals surface area contributed by atoms with E-state index in [2.05, 4.69) is 13.8 Å². The Bertz CT molecular complexity index is 313. The molecule has 0 bridgehead atoms. The Morgan fingerprint density at radius 1 is 1.33 bits per heavy atom. The van der Waals surface area contributed by atoms with E-state index in [0.29, 0.717) is 0 Å². The van der Waals surface area contributed by atoms with E-state index in [1.165, 1.54) is 6.42 Å². The predicted octanol–water partition coefficient (Wildman–Crippen LogP) is 3.15. The van der Waals surface area contributed by atoms with Crippen molar-refractivity contribution in [2.45, 2.75) is 51.6 Å². The maximum absolute atomic E-state index is 10.7. The van der Waals surface area contributed by atoms with E-state index in [4.69, 9.17) is 4.42 Å². The standard InChI is InChI=1S/C13H20O2/c1-12(2)6-3-4-7-13(12,14)9-11-5-8-15-10-11/h5,8,10,14H,3-4,6-7,9H2,1-2H3. The minimum Gasteiger partial charge on any atom is -0.472 e. The first-order valence-electron chi connectivity index (χ1n) is 5.77. The Balaban J connectivity index is 2.17. The van der Waals surface area contributed by atoms with E-state index >= 15 is 0 Å². The molecule has 1 atom stereocenters. The van der Waals surface area contributed by atoms with Crippen molar-refractivity contribution in [3.8, 4) is 0 Å². The highest BCUT2D eigenvalue weighted by molar-refractivity contribution is 5.12. The van der Waals surface area contributed by atoms with Gasteiger partial charge < -0.3 is 9.52 Å². The van der Waals surface area contributed by atoms with Gasteiger partial charge in [0.1, 0.15) is 0 Å². The van der Waals surface area contributed by atoms with Crippen LogP contribution in [0.25, 0.3) is 0 Å². The molecule has 2 rings (SSSR count). The van der Waals surface area contributed by atoms with E-state index in [0.717, 1.165) is 31.2 Å². The third kappa shape index (κ3) is 1.96. The first kappa shape index (κ1) is 10.7. The molecular formula is C13H20O2. The van der Waals surface area contributed by atoms with E-state index < -0.39 is 5.60 Å². The highest BCUT2D eigenvalue weighted by atomic mass is 16.3. The summed E-state index contributed by atoms with van der Waals surface area (Å²) < 4.78 is 5.06. The van der Waals surface area contributed by atoms with Gasteiger partial charge in [0.2, 0.25) is 0 Å². The predicted molar refractivity (Wildman–Crippen MR) is 59.6 cm³/mol. The summed E-state index contributed by atoms with van der Waals surface area (Å²) in [5, 5.41) is 10.7. The van der Waals surface area contributed by atoms with Crippen molar-refractivity contribution in [3.05, 3.63) is 24.2 Å². The SMILES string of the molecule is CC1(C)CCCCC1(O)Cc1ccoc1. The number of hydrogen-bond acceptors (Lipinski definition) is 2. The molecule has 0 radical (unpaired) electrons. The van der Waals surface area contributed by atoms with E-state index in [1.807, 2.05) is 6.07 Å². The number of aliphatic hydroxyl groups is 1. The third-order valence-corrected chi connectivity index (χ3v) is 3.98. The van der Waals surface area contributed by atoms with Crippen LogP contribution in [0.3, 0.4) is 0 Å². The Kier molecular flexibility index (Phi) is 2.63. The molecule has 1 unspecified atom stereocenters. The first-order valence-corrected chi connectivity index (χ1v) is 5.77. The Morgan fingerprint density at radius 3 is 2.67 bits per heavy atom. The van der Waals surface area contributed by atoms with Gasteiger partial charge in [0.05, 0.1) is 18.1 Å². The van der Waals surface area contributed by atoms with Crippen molar-refractivity contribution in [3.63, 3.8) is 0 Å². The van der Waals surface area contributed by atoms with Crippen LogP contribution in [0.5, 0.6) is 0 Å². The van der Waals surface area contributed by atoms with Crippen molar-refractivity contribution in [1.82, 2.24) is 0 Å². The topological polar surface area (TPSA) is 33.4 Å². The van der Waals surface area contributed by atoms with Crippen LogP contribution in [0.2, 0.25) is 0 Å². The molecule has 2 heteroatoms. The zero-order valence-corrected chi connectivity index (χ0v) is 9.62. The van der Waals surface area contributed by atoms with E-state index in [9.17, 15) is 5.11 Å². The molecule has 2 nitrogen and oxygen atoms in total. The maximum atomic E-state index is 10.7. The summed E-state index contributed by atoms with van der Waals surface area (Å²) in [6.45, 7) is 4.35. The molecule has 0 saturated heterocycles. The van der Waals surface area contributed by atoms with Crippen LogP contribution in [0.4, 0.5) is 0 Å². The molecule has 1 fully saturated rings. The van der Waals surface area contributed by atoms with Crippen molar-refractivity contribution in [2.24, 2.45) is 5.41 Å². The fourth-order valence-corrected chi connectivity index (χ4v) is 2.61. The molecule has 1 aromatic rings. The molecule has 84 valence electrons. The minimum atomic E-state index is -0.560. The second-order valence-electron chi connectivity index (χ2n) is 5.43. The first-order chi connectivity index (χ1) is 7.04. The van der Waals surface area contributed by atoms with Crippen molar-refractivity contribution in [2.75, 3.05) is 0 Å². The quantitative estimate of drug-likeness (QED) is 0.810. The second-order valence-corrected chi connectivity index (χ2v) is 5.43. The Labute approximate surface area is 91.3 Å². The number of hydrogen-bond donors (Lipinski definition) is 1. The van der Waals surface area contributed by atoms with Crippen LogP contribution < -0.4 is 0 Å². The van der Waals surface area contributed by atoms with Crippen LogP contribution in [0.1, 0.15) is 45.1 Å². The molecular weight excluding hydrogens is 188 g/mol. The molecule has 1 aromatic heterocycles. The molecule has 1 N–H and O–H groups in total. The van der Waals surface area contributed by atoms with Gasteiger partial charge in [0, 0.05) is 6.42 Å². The Hall–Kier alpha value is -0.760.